The lowest BCUT2D eigenvalue weighted by molar-refractivity contribution is 0.162. The third-order valence-electron chi connectivity index (χ3n) is 3.19. The molecule has 108 valence electrons. The Morgan fingerprint density at radius 3 is 2.75 bits per heavy atom. The molecule has 1 N–H and O–H groups in total. The first kappa shape index (κ1) is 15.1. The Morgan fingerprint density at radius 1 is 1.30 bits per heavy atom. The van der Waals surface area contributed by atoms with Crippen LogP contribution in [0, 0.1) is 6.92 Å². The second kappa shape index (κ2) is 6.93. The van der Waals surface area contributed by atoms with Gasteiger partial charge in [-0.1, -0.05) is 30.7 Å². The summed E-state index contributed by atoms with van der Waals surface area (Å²) in [6.45, 7) is 5.39. The van der Waals surface area contributed by atoms with Gasteiger partial charge in [-0.3, -0.25) is 0 Å². The molecule has 2 rings (SSSR count). The summed E-state index contributed by atoms with van der Waals surface area (Å²) in [5.41, 5.74) is 2.17. The van der Waals surface area contributed by atoms with Crippen molar-refractivity contribution in [2.45, 2.75) is 26.5 Å². The molecule has 2 aromatic rings. The predicted octanol–water partition coefficient (Wildman–Crippen LogP) is 4.09. The van der Waals surface area contributed by atoms with Gasteiger partial charge in [-0.25, -0.2) is 0 Å². The lowest BCUT2D eigenvalue weighted by Gasteiger charge is -2.17. The fourth-order valence-corrected chi connectivity index (χ4v) is 2.33. The van der Waals surface area contributed by atoms with E-state index in [9.17, 15) is 0 Å². The van der Waals surface area contributed by atoms with Crippen LogP contribution in [0.3, 0.4) is 0 Å². The van der Waals surface area contributed by atoms with Crippen molar-refractivity contribution >= 4 is 11.6 Å². The van der Waals surface area contributed by atoms with Crippen LogP contribution >= 0.6 is 11.6 Å². The zero-order valence-corrected chi connectivity index (χ0v) is 12.8. The van der Waals surface area contributed by atoms with E-state index in [1.807, 2.05) is 31.2 Å². The number of rotatable bonds is 6. The smallest absolute Gasteiger partial charge is 0.129 e. The van der Waals surface area contributed by atoms with Crippen LogP contribution in [0.2, 0.25) is 5.02 Å². The average molecular weight is 294 g/mol. The summed E-state index contributed by atoms with van der Waals surface area (Å²) in [6.07, 6.45) is 0. The van der Waals surface area contributed by atoms with Crippen LogP contribution in [0.4, 0.5) is 0 Å². The third kappa shape index (κ3) is 3.42. The Balaban J connectivity index is 2.31. The molecule has 4 heteroatoms. The van der Waals surface area contributed by atoms with E-state index >= 15 is 0 Å². The van der Waals surface area contributed by atoms with Gasteiger partial charge in [-0.05, 0) is 42.8 Å². The van der Waals surface area contributed by atoms with Gasteiger partial charge in [0.15, 0.2) is 0 Å². The molecule has 1 aromatic carbocycles. The average Bonchev–Trinajstić information content (AvgIpc) is 2.88. The Bertz CT molecular complexity index is 565. The molecule has 0 fully saturated rings. The summed E-state index contributed by atoms with van der Waals surface area (Å²) < 4.78 is 10.9. The normalized spacial score (nSPS) is 12.6. The van der Waals surface area contributed by atoms with Crippen molar-refractivity contribution in [3.8, 4) is 0 Å². The second-order valence-corrected chi connectivity index (χ2v) is 5.14. The van der Waals surface area contributed by atoms with Crippen molar-refractivity contribution in [3.05, 3.63) is 58.0 Å². The summed E-state index contributed by atoms with van der Waals surface area (Å²) >= 11 is 6.22. The minimum Gasteiger partial charge on any atom is -0.462 e. The van der Waals surface area contributed by atoms with Crippen molar-refractivity contribution in [2.75, 3.05) is 13.7 Å². The lowest BCUT2D eigenvalue weighted by atomic mass is 10.0. The number of hydrogen-bond donors (Lipinski definition) is 1. The van der Waals surface area contributed by atoms with Gasteiger partial charge in [0.2, 0.25) is 0 Å². The van der Waals surface area contributed by atoms with Crippen molar-refractivity contribution in [1.82, 2.24) is 5.32 Å². The Labute approximate surface area is 124 Å². The second-order valence-electron chi connectivity index (χ2n) is 4.74. The molecule has 0 saturated heterocycles. The molecule has 20 heavy (non-hydrogen) atoms. The largest absolute Gasteiger partial charge is 0.462 e. The summed E-state index contributed by atoms with van der Waals surface area (Å²) in [4.78, 5) is 0. The standard InChI is InChI=1S/C16H20ClNO2/c1-4-18-16(12-6-5-11(2)14(17)9-12)15-8-7-13(20-15)10-19-3/h5-9,16,18H,4,10H2,1-3H3. The molecule has 0 radical (unpaired) electrons. The summed E-state index contributed by atoms with van der Waals surface area (Å²) in [5, 5.41) is 4.20. The topological polar surface area (TPSA) is 34.4 Å². The fourth-order valence-electron chi connectivity index (χ4n) is 2.14. The van der Waals surface area contributed by atoms with Crippen LogP contribution in [0.25, 0.3) is 0 Å². The number of methoxy groups -OCH3 is 1. The highest BCUT2D eigenvalue weighted by Crippen LogP contribution is 2.27. The van der Waals surface area contributed by atoms with Crippen LogP contribution in [0.5, 0.6) is 0 Å². The first-order valence-electron chi connectivity index (χ1n) is 6.72. The molecule has 0 amide bonds. The number of halogens is 1. The molecule has 0 bridgehead atoms. The van der Waals surface area contributed by atoms with Gasteiger partial charge >= 0.3 is 0 Å². The number of aryl methyl sites for hydroxylation is 1. The van der Waals surface area contributed by atoms with E-state index in [0.29, 0.717) is 6.61 Å². The van der Waals surface area contributed by atoms with Crippen LogP contribution in [-0.4, -0.2) is 13.7 Å². The van der Waals surface area contributed by atoms with E-state index in [4.69, 9.17) is 20.8 Å². The van der Waals surface area contributed by atoms with E-state index in [-0.39, 0.29) is 6.04 Å². The van der Waals surface area contributed by atoms with Crippen molar-refractivity contribution in [2.24, 2.45) is 0 Å². The Morgan fingerprint density at radius 2 is 2.10 bits per heavy atom. The van der Waals surface area contributed by atoms with Crippen LogP contribution in [-0.2, 0) is 11.3 Å². The van der Waals surface area contributed by atoms with Gasteiger partial charge < -0.3 is 14.5 Å². The summed E-state index contributed by atoms with van der Waals surface area (Å²) in [5.74, 6) is 1.70. The zero-order valence-electron chi connectivity index (χ0n) is 12.1. The summed E-state index contributed by atoms with van der Waals surface area (Å²) in [6, 6.07) is 10.0. The first-order valence-corrected chi connectivity index (χ1v) is 7.10. The molecule has 0 spiro atoms. The highest BCUT2D eigenvalue weighted by Gasteiger charge is 2.17. The van der Waals surface area contributed by atoms with Gasteiger partial charge in [0.05, 0.1) is 6.04 Å². The molecule has 1 atom stereocenters. The molecule has 0 saturated carbocycles. The van der Waals surface area contributed by atoms with Crippen LogP contribution in [0.1, 0.15) is 35.6 Å². The highest BCUT2D eigenvalue weighted by atomic mass is 35.5. The van der Waals surface area contributed by atoms with Crippen LogP contribution in [0.15, 0.2) is 34.7 Å². The Kier molecular flexibility index (Phi) is 5.24. The first-order chi connectivity index (χ1) is 9.65. The number of ether oxygens (including phenoxy) is 1. The molecule has 0 aliphatic heterocycles. The number of hydrogen-bond acceptors (Lipinski definition) is 3. The minimum absolute atomic E-state index is 0.00343. The van der Waals surface area contributed by atoms with Gasteiger partial charge in [-0.2, -0.15) is 0 Å². The maximum absolute atomic E-state index is 6.22. The molecule has 1 heterocycles. The quantitative estimate of drug-likeness (QED) is 0.871. The molecular weight excluding hydrogens is 274 g/mol. The van der Waals surface area contributed by atoms with Gasteiger partial charge in [0.1, 0.15) is 18.1 Å². The molecule has 1 unspecified atom stereocenters. The lowest BCUT2D eigenvalue weighted by Crippen LogP contribution is -2.21. The minimum atomic E-state index is 0.00343. The van der Waals surface area contributed by atoms with Gasteiger partial charge in [0.25, 0.3) is 0 Å². The SMILES string of the molecule is CCNC(c1ccc(C)c(Cl)c1)c1ccc(COC)o1. The van der Waals surface area contributed by atoms with E-state index in [1.165, 1.54) is 0 Å². The van der Waals surface area contributed by atoms with Gasteiger partial charge in [0, 0.05) is 12.1 Å². The molecule has 3 nitrogen and oxygen atoms in total. The monoisotopic (exact) mass is 293 g/mol. The maximum atomic E-state index is 6.22. The van der Waals surface area contributed by atoms with E-state index < -0.39 is 0 Å². The molecule has 1 aromatic heterocycles. The summed E-state index contributed by atoms with van der Waals surface area (Å²) in [7, 11) is 1.66. The van der Waals surface area contributed by atoms with Crippen molar-refractivity contribution < 1.29 is 9.15 Å². The molecular formula is C16H20ClNO2. The number of nitrogens with one attached hydrogen (secondary N) is 1. The van der Waals surface area contributed by atoms with Gasteiger partial charge in [-0.15, -0.1) is 0 Å². The molecule has 0 aliphatic carbocycles. The van der Waals surface area contributed by atoms with E-state index in [2.05, 4.69) is 18.3 Å². The maximum Gasteiger partial charge on any atom is 0.129 e. The van der Waals surface area contributed by atoms with Crippen molar-refractivity contribution in [1.29, 1.82) is 0 Å². The zero-order chi connectivity index (χ0) is 14.5. The van der Waals surface area contributed by atoms with Crippen LogP contribution < -0.4 is 5.32 Å². The van der Waals surface area contributed by atoms with Crippen molar-refractivity contribution in [3.63, 3.8) is 0 Å². The van der Waals surface area contributed by atoms with E-state index in [0.717, 1.165) is 34.2 Å². The number of furan rings is 1. The number of benzene rings is 1. The predicted molar refractivity (Wildman–Crippen MR) is 81.1 cm³/mol. The van der Waals surface area contributed by atoms with E-state index in [1.54, 1.807) is 7.11 Å². The highest BCUT2D eigenvalue weighted by molar-refractivity contribution is 6.31. The Hall–Kier alpha value is -1.29. The fraction of sp³-hybridized carbons (Fsp3) is 0.375. The molecule has 0 aliphatic rings. The third-order valence-corrected chi connectivity index (χ3v) is 3.60.